The van der Waals surface area contributed by atoms with Gasteiger partial charge in [0, 0.05) is 32.5 Å². The van der Waals surface area contributed by atoms with E-state index < -0.39 is 6.10 Å². The minimum atomic E-state index is -0.399. The van der Waals surface area contributed by atoms with E-state index in [0.717, 1.165) is 74.4 Å². The molecule has 1 aliphatic rings. The van der Waals surface area contributed by atoms with Gasteiger partial charge in [-0.1, -0.05) is 30.3 Å². The number of aliphatic hydroxyl groups excluding tert-OH is 1. The van der Waals surface area contributed by atoms with Crippen LogP contribution in [0.2, 0.25) is 0 Å². The van der Waals surface area contributed by atoms with Crippen LogP contribution < -0.4 is 15.5 Å². The summed E-state index contributed by atoms with van der Waals surface area (Å²) in [6, 6.07) is 12.6. The first kappa shape index (κ1) is 24.3. The van der Waals surface area contributed by atoms with E-state index in [2.05, 4.69) is 70.6 Å². The number of nitrogens with zero attached hydrogens (tertiary/aromatic N) is 5. The fraction of sp³-hybridized carbons (Fsp3) is 0.444. The molecule has 0 aliphatic heterocycles. The Morgan fingerprint density at radius 1 is 1.14 bits per heavy atom. The molecular formula is C27H36N8O. The molecule has 190 valence electrons. The predicted octanol–water partition coefficient (Wildman–Crippen LogP) is 3.24. The second kappa shape index (κ2) is 11.5. The third-order valence-electron chi connectivity index (χ3n) is 7.24. The highest BCUT2D eigenvalue weighted by molar-refractivity contribution is 5.87. The van der Waals surface area contributed by atoms with Crippen LogP contribution >= 0.6 is 0 Å². The Morgan fingerprint density at radius 2 is 2.03 bits per heavy atom. The topological polar surface area (TPSA) is 107 Å². The van der Waals surface area contributed by atoms with Crippen LogP contribution in [0, 0.1) is 5.92 Å². The number of hydrogen-bond acceptors (Lipinski definition) is 7. The van der Waals surface area contributed by atoms with Gasteiger partial charge in [-0.3, -0.25) is 5.10 Å². The lowest BCUT2D eigenvalue weighted by molar-refractivity contribution is 0.136. The zero-order chi connectivity index (χ0) is 24.7. The Balaban J connectivity index is 1.16. The predicted molar refractivity (Wildman–Crippen MR) is 143 cm³/mol. The van der Waals surface area contributed by atoms with Crippen molar-refractivity contribution in [3.05, 3.63) is 66.9 Å². The van der Waals surface area contributed by atoms with Crippen molar-refractivity contribution in [3.8, 4) is 0 Å². The van der Waals surface area contributed by atoms with Gasteiger partial charge in [0.25, 0.3) is 0 Å². The van der Waals surface area contributed by atoms with Gasteiger partial charge in [-0.15, -0.1) is 0 Å². The molecule has 1 aliphatic carbocycles. The Morgan fingerprint density at radius 3 is 2.83 bits per heavy atom. The maximum atomic E-state index is 11.0. The van der Waals surface area contributed by atoms with Crippen molar-refractivity contribution >= 4 is 22.5 Å². The molecule has 1 aromatic carbocycles. The number of aromatic amines is 1. The molecule has 1 saturated carbocycles. The quantitative estimate of drug-likeness (QED) is 0.227. The van der Waals surface area contributed by atoms with E-state index in [4.69, 9.17) is 0 Å². The SMILES string of the molecule is CNc1ncnc2c1ccn2[C@@H]1C[C@H](CN(CCCNCCc2ccccc2)c2cn[nH]c2)C[C@H]1O. The van der Waals surface area contributed by atoms with Gasteiger partial charge in [-0.05, 0) is 56.3 Å². The van der Waals surface area contributed by atoms with Crippen molar-refractivity contribution in [1.82, 2.24) is 30.0 Å². The number of aromatic nitrogens is 5. The minimum Gasteiger partial charge on any atom is -0.391 e. The molecule has 5 rings (SSSR count). The van der Waals surface area contributed by atoms with Crippen molar-refractivity contribution in [2.75, 3.05) is 43.4 Å². The monoisotopic (exact) mass is 488 g/mol. The lowest BCUT2D eigenvalue weighted by Gasteiger charge is -2.26. The van der Waals surface area contributed by atoms with Crippen LogP contribution in [0.25, 0.3) is 11.0 Å². The summed E-state index contributed by atoms with van der Waals surface area (Å²) in [7, 11) is 1.86. The van der Waals surface area contributed by atoms with E-state index in [0.29, 0.717) is 5.92 Å². The van der Waals surface area contributed by atoms with Gasteiger partial charge in [0.05, 0.1) is 29.4 Å². The fourth-order valence-electron chi connectivity index (χ4n) is 5.43. The van der Waals surface area contributed by atoms with E-state index in [1.807, 2.05) is 31.7 Å². The van der Waals surface area contributed by atoms with E-state index in [1.165, 1.54) is 5.56 Å². The van der Waals surface area contributed by atoms with Gasteiger partial charge in [-0.25, -0.2) is 9.97 Å². The summed E-state index contributed by atoms with van der Waals surface area (Å²) in [5.41, 5.74) is 3.34. The number of hydrogen-bond donors (Lipinski definition) is 4. The number of nitrogens with one attached hydrogen (secondary N) is 3. The molecule has 9 nitrogen and oxygen atoms in total. The molecule has 4 N–H and O–H groups in total. The first-order valence-electron chi connectivity index (χ1n) is 12.9. The van der Waals surface area contributed by atoms with Crippen LogP contribution in [-0.2, 0) is 6.42 Å². The average molecular weight is 489 g/mol. The molecule has 0 radical (unpaired) electrons. The average Bonchev–Trinajstić information content (AvgIpc) is 3.66. The summed E-state index contributed by atoms with van der Waals surface area (Å²) in [5.74, 6) is 1.19. The maximum absolute atomic E-state index is 11.0. The van der Waals surface area contributed by atoms with Gasteiger partial charge in [0.2, 0.25) is 0 Å². The molecule has 0 unspecified atom stereocenters. The molecule has 0 saturated heterocycles. The molecule has 36 heavy (non-hydrogen) atoms. The molecular weight excluding hydrogens is 452 g/mol. The second-order valence-corrected chi connectivity index (χ2v) is 9.65. The Hall–Kier alpha value is -3.43. The smallest absolute Gasteiger partial charge is 0.145 e. The first-order valence-corrected chi connectivity index (χ1v) is 12.9. The maximum Gasteiger partial charge on any atom is 0.145 e. The van der Waals surface area contributed by atoms with E-state index >= 15 is 0 Å². The molecule has 3 aromatic heterocycles. The highest BCUT2D eigenvalue weighted by Crippen LogP contribution is 2.38. The van der Waals surface area contributed by atoms with Crippen LogP contribution in [0.3, 0.4) is 0 Å². The van der Waals surface area contributed by atoms with Gasteiger partial charge < -0.3 is 25.2 Å². The Kier molecular flexibility index (Phi) is 7.78. The third kappa shape index (κ3) is 5.52. The van der Waals surface area contributed by atoms with Gasteiger partial charge >= 0.3 is 0 Å². The highest BCUT2D eigenvalue weighted by atomic mass is 16.3. The van der Waals surface area contributed by atoms with Crippen LogP contribution in [0.4, 0.5) is 11.5 Å². The number of anilines is 2. The second-order valence-electron chi connectivity index (χ2n) is 9.65. The fourth-order valence-corrected chi connectivity index (χ4v) is 5.43. The van der Waals surface area contributed by atoms with Gasteiger partial charge in [0.1, 0.15) is 17.8 Å². The van der Waals surface area contributed by atoms with E-state index in [9.17, 15) is 5.11 Å². The minimum absolute atomic E-state index is 0.0120. The van der Waals surface area contributed by atoms with Crippen molar-refractivity contribution in [3.63, 3.8) is 0 Å². The van der Waals surface area contributed by atoms with Gasteiger partial charge in [0.15, 0.2) is 0 Å². The number of aliphatic hydroxyl groups is 1. The molecule has 3 heterocycles. The van der Waals surface area contributed by atoms with Crippen molar-refractivity contribution < 1.29 is 5.11 Å². The molecule has 4 aromatic rings. The molecule has 0 bridgehead atoms. The van der Waals surface area contributed by atoms with Crippen molar-refractivity contribution in [2.24, 2.45) is 5.92 Å². The Bertz CT molecular complexity index is 1210. The zero-order valence-electron chi connectivity index (χ0n) is 20.8. The lowest BCUT2D eigenvalue weighted by atomic mass is 10.1. The summed E-state index contributed by atoms with van der Waals surface area (Å²) in [6.07, 6.45) is 10.8. The molecule has 0 spiro atoms. The summed E-state index contributed by atoms with van der Waals surface area (Å²) in [6.45, 7) is 3.79. The number of H-pyrrole nitrogens is 1. The summed E-state index contributed by atoms with van der Waals surface area (Å²) < 4.78 is 2.13. The summed E-state index contributed by atoms with van der Waals surface area (Å²) >= 11 is 0. The summed E-state index contributed by atoms with van der Waals surface area (Å²) in [4.78, 5) is 11.2. The molecule has 1 fully saturated rings. The normalized spacial score (nSPS) is 19.7. The van der Waals surface area contributed by atoms with Crippen molar-refractivity contribution in [1.29, 1.82) is 0 Å². The molecule has 3 atom stereocenters. The van der Waals surface area contributed by atoms with Crippen molar-refractivity contribution in [2.45, 2.75) is 37.8 Å². The van der Waals surface area contributed by atoms with Crippen LogP contribution in [0.1, 0.15) is 30.9 Å². The van der Waals surface area contributed by atoms with Crippen LogP contribution in [0.5, 0.6) is 0 Å². The number of fused-ring (bicyclic) bond motifs is 1. The lowest BCUT2D eigenvalue weighted by Crippen LogP contribution is -2.32. The highest BCUT2D eigenvalue weighted by Gasteiger charge is 2.36. The molecule has 9 heteroatoms. The number of rotatable bonds is 12. The third-order valence-corrected chi connectivity index (χ3v) is 7.24. The number of benzene rings is 1. The zero-order valence-corrected chi connectivity index (χ0v) is 20.8. The largest absolute Gasteiger partial charge is 0.391 e. The van der Waals surface area contributed by atoms with Crippen LogP contribution in [0.15, 0.2) is 61.3 Å². The Labute approximate surface area is 212 Å². The standard InChI is InChI=1S/C27H36N8O/c1-28-26-23-9-13-35(27(23)31-19-30-26)24-14-21(15-25(24)36)18-34(22-16-32-33-17-22)12-5-10-29-11-8-20-6-3-2-4-7-20/h2-4,6-7,9,13,16-17,19,21,24-25,29,36H,5,8,10-12,14-15,18H2,1H3,(H,32,33)(H,28,30,31)/t21-,24+,25+/m0/s1. The first-order chi connectivity index (χ1) is 17.7. The molecule has 0 amide bonds. The van der Waals surface area contributed by atoms with E-state index in [1.54, 1.807) is 6.33 Å². The van der Waals surface area contributed by atoms with E-state index in [-0.39, 0.29) is 6.04 Å². The van der Waals surface area contributed by atoms with Gasteiger partial charge in [-0.2, -0.15) is 5.10 Å². The summed E-state index contributed by atoms with van der Waals surface area (Å²) in [5, 5.41) is 25.8. The van der Waals surface area contributed by atoms with Crippen LogP contribution in [-0.4, -0.2) is 69.2 Å².